The minimum absolute atomic E-state index is 0.0743. The van der Waals surface area contributed by atoms with Crippen molar-refractivity contribution in [3.63, 3.8) is 0 Å². The van der Waals surface area contributed by atoms with Gasteiger partial charge in [-0.3, -0.25) is 4.79 Å². The number of carbonyl (C=O) groups is 2. The van der Waals surface area contributed by atoms with Crippen LogP contribution in [0.15, 0.2) is 0 Å². The number of aryl methyl sites for hydroxylation is 1. The van der Waals surface area contributed by atoms with Crippen molar-refractivity contribution in [3.05, 3.63) is 16.0 Å². The molecule has 0 bridgehead atoms. The molecule has 0 radical (unpaired) electrons. The summed E-state index contributed by atoms with van der Waals surface area (Å²) in [5.74, 6) is -0.382. The van der Waals surface area contributed by atoms with Crippen molar-refractivity contribution in [2.75, 3.05) is 18.5 Å². The summed E-state index contributed by atoms with van der Waals surface area (Å²) in [6.07, 6.45) is 10.2. The van der Waals surface area contributed by atoms with Crippen LogP contribution in [-0.2, 0) is 22.4 Å². The Morgan fingerprint density at radius 2 is 1.88 bits per heavy atom. The van der Waals surface area contributed by atoms with Crippen molar-refractivity contribution in [1.82, 2.24) is 5.32 Å². The van der Waals surface area contributed by atoms with E-state index in [2.05, 4.69) is 10.6 Å². The van der Waals surface area contributed by atoms with Crippen LogP contribution in [0.4, 0.5) is 5.00 Å². The third-order valence-electron chi connectivity index (χ3n) is 5.06. The zero-order chi connectivity index (χ0) is 17.6. The lowest BCUT2D eigenvalue weighted by Crippen LogP contribution is -2.37. The Hall–Kier alpha value is -1.40. The fraction of sp³-hybridized carbons (Fsp3) is 0.684. The molecule has 3 rings (SSSR count). The molecular formula is C19H28N2O3S. The molecule has 2 N–H and O–H groups in total. The number of anilines is 1. The summed E-state index contributed by atoms with van der Waals surface area (Å²) in [4.78, 5) is 26.0. The molecule has 0 saturated heterocycles. The predicted octanol–water partition coefficient (Wildman–Crippen LogP) is 3.66. The van der Waals surface area contributed by atoms with Crippen LogP contribution in [-0.4, -0.2) is 31.1 Å². The van der Waals surface area contributed by atoms with Gasteiger partial charge in [-0.2, -0.15) is 0 Å². The average molecular weight is 365 g/mol. The van der Waals surface area contributed by atoms with Gasteiger partial charge in [-0.15, -0.1) is 11.3 Å². The molecule has 2 aliphatic carbocycles. The maximum atomic E-state index is 12.4. The lowest BCUT2D eigenvalue weighted by atomic mass is 9.95. The zero-order valence-electron chi connectivity index (χ0n) is 15.0. The molecule has 1 fully saturated rings. The highest BCUT2D eigenvalue weighted by molar-refractivity contribution is 7.17. The minimum atomic E-state index is -0.308. The molecule has 0 unspecified atom stereocenters. The van der Waals surface area contributed by atoms with E-state index < -0.39 is 0 Å². The van der Waals surface area contributed by atoms with Crippen molar-refractivity contribution in [1.29, 1.82) is 0 Å². The molecule has 1 heterocycles. The average Bonchev–Trinajstić information content (AvgIpc) is 2.99. The zero-order valence-corrected chi connectivity index (χ0v) is 15.8. The van der Waals surface area contributed by atoms with Crippen LogP contribution >= 0.6 is 11.3 Å². The van der Waals surface area contributed by atoms with Crippen molar-refractivity contribution < 1.29 is 14.3 Å². The van der Waals surface area contributed by atoms with E-state index in [1.165, 1.54) is 24.1 Å². The van der Waals surface area contributed by atoms with Gasteiger partial charge >= 0.3 is 5.97 Å². The van der Waals surface area contributed by atoms with Gasteiger partial charge in [0.15, 0.2) is 0 Å². The second-order valence-electron chi connectivity index (χ2n) is 6.90. The van der Waals surface area contributed by atoms with Crippen LogP contribution in [0.3, 0.4) is 0 Å². The maximum Gasteiger partial charge on any atom is 0.341 e. The molecule has 5 nitrogen and oxygen atoms in total. The number of ether oxygens (including phenoxy) is 1. The van der Waals surface area contributed by atoms with E-state index in [0.717, 1.165) is 44.1 Å². The van der Waals surface area contributed by atoms with E-state index >= 15 is 0 Å². The lowest BCUT2D eigenvalue weighted by molar-refractivity contribution is -0.115. The molecule has 1 aromatic rings. The summed E-state index contributed by atoms with van der Waals surface area (Å²) in [5, 5.41) is 6.98. The van der Waals surface area contributed by atoms with Crippen LogP contribution in [0, 0.1) is 0 Å². The summed E-state index contributed by atoms with van der Waals surface area (Å²) in [5.41, 5.74) is 1.68. The summed E-state index contributed by atoms with van der Waals surface area (Å²) >= 11 is 1.55. The van der Waals surface area contributed by atoms with Gasteiger partial charge in [0.25, 0.3) is 0 Å². The largest absolute Gasteiger partial charge is 0.462 e. The van der Waals surface area contributed by atoms with E-state index in [1.54, 1.807) is 11.3 Å². The highest BCUT2D eigenvalue weighted by atomic mass is 32.1. The summed E-state index contributed by atoms with van der Waals surface area (Å²) in [7, 11) is 0. The third kappa shape index (κ3) is 4.61. The Labute approximate surface area is 153 Å². The molecular weight excluding hydrogens is 336 g/mol. The number of thiophene rings is 1. The lowest BCUT2D eigenvalue weighted by Gasteiger charge is -2.22. The first-order chi connectivity index (χ1) is 12.2. The molecule has 0 atom stereocenters. The molecule has 1 amide bonds. The van der Waals surface area contributed by atoms with Gasteiger partial charge in [0.05, 0.1) is 18.7 Å². The summed E-state index contributed by atoms with van der Waals surface area (Å²) in [6, 6.07) is 0.445. The van der Waals surface area contributed by atoms with Gasteiger partial charge in [0, 0.05) is 10.9 Å². The van der Waals surface area contributed by atoms with Crippen LogP contribution in [0.2, 0.25) is 0 Å². The smallest absolute Gasteiger partial charge is 0.341 e. The van der Waals surface area contributed by atoms with Gasteiger partial charge in [-0.1, -0.05) is 19.3 Å². The van der Waals surface area contributed by atoms with E-state index in [9.17, 15) is 9.59 Å². The van der Waals surface area contributed by atoms with Gasteiger partial charge in [-0.05, 0) is 51.0 Å². The van der Waals surface area contributed by atoms with Crippen molar-refractivity contribution in [3.8, 4) is 0 Å². The Morgan fingerprint density at radius 1 is 1.12 bits per heavy atom. The molecule has 2 aliphatic rings. The molecule has 25 heavy (non-hydrogen) atoms. The maximum absolute atomic E-state index is 12.4. The van der Waals surface area contributed by atoms with E-state index in [4.69, 9.17) is 4.74 Å². The molecule has 1 saturated carbocycles. The number of amides is 1. The number of rotatable bonds is 6. The van der Waals surface area contributed by atoms with Gasteiger partial charge < -0.3 is 15.4 Å². The molecule has 0 aromatic carbocycles. The highest BCUT2D eigenvalue weighted by Crippen LogP contribution is 2.38. The van der Waals surface area contributed by atoms with Crippen molar-refractivity contribution >= 4 is 28.2 Å². The van der Waals surface area contributed by atoms with Crippen LogP contribution < -0.4 is 10.6 Å². The normalized spacial score (nSPS) is 17.8. The third-order valence-corrected chi connectivity index (χ3v) is 6.27. The Bertz CT molecular complexity index is 620. The van der Waals surface area contributed by atoms with Crippen molar-refractivity contribution in [2.24, 2.45) is 0 Å². The van der Waals surface area contributed by atoms with Crippen molar-refractivity contribution in [2.45, 2.75) is 70.8 Å². The standard InChI is InChI=1S/C19H28N2O3S/c1-2-24-19(23)17-14-10-6-7-11-15(14)25-18(17)21-16(22)12-20-13-8-4-3-5-9-13/h13,20H,2-12H2,1H3,(H,21,22). The fourth-order valence-corrected chi connectivity index (χ4v) is 5.08. The van der Waals surface area contributed by atoms with Crippen LogP contribution in [0.25, 0.3) is 0 Å². The Morgan fingerprint density at radius 3 is 2.64 bits per heavy atom. The highest BCUT2D eigenvalue weighted by Gasteiger charge is 2.27. The number of hydrogen-bond acceptors (Lipinski definition) is 5. The van der Waals surface area contributed by atoms with Crippen LogP contribution in [0.1, 0.15) is 72.7 Å². The minimum Gasteiger partial charge on any atom is -0.462 e. The first-order valence-electron chi connectivity index (χ1n) is 9.54. The fourth-order valence-electron chi connectivity index (χ4n) is 3.79. The number of fused-ring (bicyclic) bond motifs is 1. The van der Waals surface area contributed by atoms with Gasteiger partial charge in [-0.25, -0.2) is 4.79 Å². The molecule has 6 heteroatoms. The first kappa shape index (κ1) is 18.4. The molecule has 0 aliphatic heterocycles. The van der Waals surface area contributed by atoms with Gasteiger partial charge in [0.1, 0.15) is 5.00 Å². The number of carbonyl (C=O) groups excluding carboxylic acids is 2. The topological polar surface area (TPSA) is 67.4 Å². The second-order valence-corrected chi connectivity index (χ2v) is 8.00. The number of esters is 1. The Balaban J connectivity index is 1.67. The quantitative estimate of drug-likeness (QED) is 0.756. The SMILES string of the molecule is CCOC(=O)c1c(NC(=O)CNC2CCCCC2)sc2c1CCCC2. The number of hydrogen-bond donors (Lipinski definition) is 2. The predicted molar refractivity (Wildman–Crippen MR) is 100 cm³/mol. The van der Waals surface area contributed by atoms with E-state index in [-0.39, 0.29) is 11.9 Å². The molecule has 1 aromatic heterocycles. The van der Waals surface area contributed by atoms with Crippen LogP contribution in [0.5, 0.6) is 0 Å². The summed E-state index contributed by atoms with van der Waals surface area (Å²) in [6.45, 7) is 2.46. The molecule has 0 spiro atoms. The van der Waals surface area contributed by atoms with Gasteiger partial charge in [0.2, 0.25) is 5.91 Å². The first-order valence-corrected chi connectivity index (χ1v) is 10.4. The Kier molecular flexibility index (Phi) is 6.48. The monoisotopic (exact) mass is 364 g/mol. The summed E-state index contributed by atoms with van der Waals surface area (Å²) < 4.78 is 5.23. The van der Waals surface area contributed by atoms with E-state index in [0.29, 0.717) is 29.8 Å². The van der Waals surface area contributed by atoms with E-state index in [1.807, 2.05) is 6.92 Å². The second kappa shape index (κ2) is 8.81. The number of nitrogens with one attached hydrogen (secondary N) is 2. The molecule has 138 valence electrons.